The topological polar surface area (TPSA) is 0 Å². The van der Waals surface area contributed by atoms with Crippen LogP contribution >= 0.6 is 0 Å². The van der Waals surface area contributed by atoms with Crippen LogP contribution in [0.1, 0.15) is 25.0 Å². The summed E-state index contributed by atoms with van der Waals surface area (Å²) in [5.41, 5.74) is 4.55. The fourth-order valence-electron chi connectivity index (χ4n) is 2.46. The van der Waals surface area contributed by atoms with E-state index in [0.29, 0.717) is 5.04 Å². The van der Waals surface area contributed by atoms with E-state index in [2.05, 4.69) is 57.3 Å². The average Bonchev–Trinajstić information content (AvgIpc) is 2.41. The molecule has 1 aromatic rings. The van der Waals surface area contributed by atoms with Crippen LogP contribution in [-0.2, 0) is 5.04 Å². The molecule has 0 aromatic heterocycles. The fourth-order valence-corrected chi connectivity index (χ4v) is 4.34. The van der Waals surface area contributed by atoms with Crippen molar-refractivity contribution in [3.05, 3.63) is 41.0 Å². The van der Waals surface area contributed by atoms with Crippen LogP contribution in [0.5, 0.6) is 0 Å². The molecule has 0 amide bonds. The quantitative estimate of drug-likeness (QED) is 0.612. The van der Waals surface area contributed by atoms with Gasteiger partial charge in [0.15, 0.2) is 0 Å². The second-order valence-electron chi connectivity index (χ2n) is 4.77. The monoisotopic (exact) mass is 202 g/mol. The molecule has 74 valence electrons. The Labute approximate surface area is 88.3 Å². The summed E-state index contributed by atoms with van der Waals surface area (Å²) in [6, 6.07) is 8.84. The third kappa shape index (κ3) is 1.12. The Morgan fingerprint density at radius 2 is 1.79 bits per heavy atom. The molecular formula is C13H18Si. The number of hydrogen-bond donors (Lipinski definition) is 0. The summed E-state index contributed by atoms with van der Waals surface area (Å²) in [4.78, 5) is 0. The molecule has 0 aliphatic heterocycles. The van der Waals surface area contributed by atoms with E-state index in [9.17, 15) is 0 Å². The molecule has 0 fully saturated rings. The minimum absolute atomic E-state index is 0.386. The number of hydrogen-bond acceptors (Lipinski definition) is 0. The van der Waals surface area contributed by atoms with E-state index in [4.69, 9.17) is 0 Å². The summed E-state index contributed by atoms with van der Waals surface area (Å²) in [7, 11) is -0.701. The zero-order valence-electron chi connectivity index (χ0n) is 9.46. The SMILES string of the molecule is CC1=Cc2ccccc2C1(C)[SiH](C)C. The van der Waals surface area contributed by atoms with Crippen LogP contribution < -0.4 is 0 Å². The van der Waals surface area contributed by atoms with E-state index in [1.165, 1.54) is 5.56 Å². The van der Waals surface area contributed by atoms with Crippen LogP contribution in [0.2, 0.25) is 13.1 Å². The number of fused-ring (bicyclic) bond motifs is 1. The van der Waals surface area contributed by atoms with Gasteiger partial charge < -0.3 is 0 Å². The molecule has 0 saturated carbocycles. The zero-order chi connectivity index (χ0) is 10.3. The van der Waals surface area contributed by atoms with Crippen molar-refractivity contribution >= 4 is 14.9 Å². The molecule has 2 rings (SSSR count). The molecule has 1 unspecified atom stereocenters. The maximum atomic E-state index is 2.44. The molecule has 0 bridgehead atoms. The Bertz CT molecular complexity index is 390. The van der Waals surface area contributed by atoms with Gasteiger partial charge in [0.1, 0.15) is 0 Å². The second-order valence-corrected chi connectivity index (χ2v) is 8.24. The molecule has 0 radical (unpaired) electrons. The first kappa shape index (κ1) is 9.72. The molecule has 0 N–H and O–H groups in total. The molecule has 0 saturated heterocycles. The largest absolute Gasteiger partial charge is 0.0712 e. The number of benzene rings is 1. The minimum Gasteiger partial charge on any atom is -0.0712 e. The van der Waals surface area contributed by atoms with Crippen LogP contribution in [0.3, 0.4) is 0 Å². The standard InChI is InChI=1S/C13H18Si/c1-10-9-11-7-5-6-8-12(11)13(10,2)14(3)4/h5-9,14H,1-4H3. The van der Waals surface area contributed by atoms with Gasteiger partial charge in [-0.05, 0) is 18.1 Å². The Hall–Kier alpha value is -0.823. The summed E-state index contributed by atoms with van der Waals surface area (Å²) >= 11 is 0. The molecule has 14 heavy (non-hydrogen) atoms. The summed E-state index contributed by atoms with van der Waals surface area (Å²) in [6.07, 6.45) is 2.36. The first-order valence-corrected chi connectivity index (χ1v) is 8.23. The molecule has 1 aliphatic rings. The lowest BCUT2D eigenvalue weighted by atomic mass is 9.97. The van der Waals surface area contributed by atoms with Gasteiger partial charge in [-0.3, -0.25) is 0 Å². The van der Waals surface area contributed by atoms with Crippen molar-refractivity contribution in [2.24, 2.45) is 0 Å². The van der Waals surface area contributed by atoms with E-state index in [0.717, 1.165) is 0 Å². The zero-order valence-corrected chi connectivity index (χ0v) is 10.6. The first-order valence-electron chi connectivity index (χ1n) is 5.35. The van der Waals surface area contributed by atoms with Crippen molar-refractivity contribution < 1.29 is 0 Å². The summed E-state index contributed by atoms with van der Waals surface area (Å²) in [5, 5.41) is 0.386. The maximum absolute atomic E-state index is 2.44. The predicted molar refractivity (Wildman–Crippen MR) is 66.3 cm³/mol. The Morgan fingerprint density at radius 1 is 1.14 bits per heavy atom. The van der Waals surface area contributed by atoms with Gasteiger partial charge in [0.05, 0.1) is 0 Å². The van der Waals surface area contributed by atoms with Gasteiger partial charge in [0.25, 0.3) is 0 Å². The Kier molecular flexibility index (Phi) is 2.15. The van der Waals surface area contributed by atoms with E-state index in [1.54, 1.807) is 11.1 Å². The van der Waals surface area contributed by atoms with Crippen molar-refractivity contribution in [1.82, 2.24) is 0 Å². The summed E-state index contributed by atoms with van der Waals surface area (Å²) in [6.45, 7) is 9.59. The van der Waals surface area contributed by atoms with Gasteiger partial charge in [-0.2, -0.15) is 0 Å². The van der Waals surface area contributed by atoms with Crippen molar-refractivity contribution in [2.75, 3.05) is 0 Å². The van der Waals surface area contributed by atoms with Crippen LogP contribution in [-0.4, -0.2) is 8.80 Å². The van der Waals surface area contributed by atoms with Gasteiger partial charge in [-0.15, -0.1) is 0 Å². The summed E-state index contributed by atoms with van der Waals surface area (Å²) < 4.78 is 0. The lowest BCUT2D eigenvalue weighted by molar-refractivity contribution is 0.792. The highest BCUT2D eigenvalue weighted by atomic mass is 28.3. The fraction of sp³-hybridized carbons (Fsp3) is 0.385. The smallest absolute Gasteiger partial charge is 0.0475 e. The van der Waals surface area contributed by atoms with Crippen molar-refractivity contribution in [3.8, 4) is 0 Å². The van der Waals surface area contributed by atoms with E-state index in [1.807, 2.05) is 0 Å². The Morgan fingerprint density at radius 3 is 2.43 bits per heavy atom. The predicted octanol–water partition coefficient (Wildman–Crippen LogP) is 3.39. The highest BCUT2D eigenvalue weighted by Crippen LogP contribution is 2.42. The van der Waals surface area contributed by atoms with Crippen LogP contribution in [0, 0.1) is 0 Å². The number of rotatable bonds is 1. The first-order chi connectivity index (χ1) is 6.56. The average molecular weight is 202 g/mol. The highest BCUT2D eigenvalue weighted by Gasteiger charge is 2.37. The van der Waals surface area contributed by atoms with Crippen LogP contribution in [0.4, 0.5) is 0 Å². The van der Waals surface area contributed by atoms with Crippen molar-refractivity contribution in [1.29, 1.82) is 0 Å². The van der Waals surface area contributed by atoms with Crippen LogP contribution in [0.15, 0.2) is 29.8 Å². The van der Waals surface area contributed by atoms with Crippen molar-refractivity contribution in [3.63, 3.8) is 0 Å². The third-order valence-corrected chi connectivity index (χ3v) is 6.94. The lowest BCUT2D eigenvalue weighted by Crippen LogP contribution is -2.35. The Balaban J connectivity index is 2.62. The third-order valence-electron chi connectivity index (χ3n) is 3.87. The molecule has 1 aliphatic carbocycles. The maximum Gasteiger partial charge on any atom is 0.0475 e. The van der Waals surface area contributed by atoms with Gasteiger partial charge in [0.2, 0.25) is 0 Å². The molecule has 0 nitrogen and oxygen atoms in total. The van der Waals surface area contributed by atoms with Crippen molar-refractivity contribution in [2.45, 2.75) is 32.0 Å². The molecular weight excluding hydrogens is 184 g/mol. The van der Waals surface area contributed by atoms with Crippen LogP contribution in [0.25, 0.3) is 6.08 Å². The van der Waals surface area contributed by atoms with Gasteiger partial charge in [0, 0.05) is 13.8 Å². The summed E-state index contributed by atoms with van der Waals surface area (Å²) in [5.74, 6) is 0. The number of allylic oxidation sites excluding steroid dienone is 1. The molecule has 1 atom stereocenters. The second kappa shape index (κ2) is 3.09. The molecule has 1 aromatic carbocycles. The molecule has 1 heteroatoms. The van der Waals surface area contributed by atoms with Gasteiger partial charge in [-0.25, -0.2) is 0 Å². The highest BCUT2D eigenvalue weighted by molar-refractivity contribution is 6.60. The molecule has 0 spiro atoms. The van der Waals surface area contributed by atoms with E-state index < -0.39 is 8.80 Å². The van der Waals surface area contributed by atoms with Gasteiger partial charge in [-0.1, -0.05) is 55.9 Å². The minimum atomic E-state index is -0.701. The normalized spacial score (nSPS) is 25.1. The van der Waals surface area contributed by atoms with E-state index in [-0.39, 0.29) is 0 Å². The lowest BCUT2D eigenvalue weighted by Gasteiger charge is -2.31. The van der Waals surface area contributed by atoms with Gasteiger partial charge >= 0.3 is 0 Å². The molecule has 0 heterocycles. The van der Waals surface area contributed by atoms with E-state index >= 15 is 0 Å².